The molecule has 2 rings (SSSR count). The van der Waals surface area contributed by atoms with Crippen LogP contribution in [0.1, 0.15) is 13.8 Å². The van der Waals surface area contributed by atoms with E-state index < -0.39 is 6.09 Å². The van der Waals surface area contributed by atoms with Gasteiger partial charge in [-0.2, -0.15) is 5.11 Å². The van der Waals surface area contributed by atoms with E-state index in [0.717, 1.165) is 4.48 Å². The molecule has 0 saturated heterocycles. The van der Waals surface area contributed by atoms with Crippen molar-refractivity contribution in [2.24, 2.45) is 10.2 Å². The summed E-state index contributed by atoms with van der Waals surface area (Å²) in [7, 11) is 0. The van der Waals surface area contributed by atoms with Gasteiger partial charge < -0.3 is 9.47 Å². The van der Waals surface area contributed by atoms with E-state index in [1.807, 2.05) is 6.92 Å². The largest absolute Gasteiger partial charge is 0.492 e. The van der Waals surface area contributed by atoms with Gasteiger partial charge in [-0.3, -0.25) is 5.32 Å². The van der Waals surface area contributed by atoms with E-state index in [9.17, 15) is 4.79 Å². The van der Waals surface area contributed by atoms with Gasteiger partial charge in [0.05, 0.1) is 18.6 Å². The second-order valence-electron chi connectivity index (χ2n) is 4.41. The Kier molecular flexibility index (Phi) is 5.71. The van der Waals surface area contributed by atoms with Crippen LogP contribution in [0.5, 0.6) is 0 Å². The quantitative estimate of drug-likeness (QED) is 0.772. The molecule has 0 fully saturated rings. The molecule has 7 heteroatoms. The van der Waals surface area contributed by atoms with Gasteiger partial charge in [0.15, 0.2) is 0 Å². The number of hydrogen-bond acceptors (Lipinski definition) is 5. The van der Waals surface area contributed by atoms with Gasteiger partial charge in [0.1, 0.15) is 11.8 Å². The van der Waals surface area contributed by atoms with Crippen molar-refractivity contribution in [2.75, 3.05) is 11.9 Å². The Hall–Kier alpha value is -2.15. The zero-order valence-electron chi connectivity index (χ0n) is 12.2. The molecule has 0 spiro atoms. The van der Waals surface area contributed by atoms with Crippen LogP contribution in [0.2, 0.25) is 0 Å². The van der Waals surface area contributed by atoms with Gasteiger partial charge in [-0.25, -0.2) is 4.79 Å². The number of nitrogens with zero attached hydrogens (tertiary/aromatic N) is 2. The lowest BCUT2D eigenvalue weighted by molar-refractivity contribution is 0.168. The van der Waals surface area contributed by atoms with Crippen molar-refractivity contribution < 1.29 is 14.3 Å². The second-order valence-corrected chi connectivity index (χ2v) is 5.26. The third kappa shape index (κ3) is 4.42. The molecule has 0 radical (unpaired) electrons. The number of nitrogens with one attached hydrogen (secondary N) is 1. The topological polar surface area (TPSA) is 72.3 Å². The number of ether oxygens (including phenoxy) is 2. The summed E-state index contributed by atoms with van der Waals surface area (Å²) in [6.45, 7) is 3.95. The summed E-state index contributed by atoms with van der Waals surface area (Å²) in [5.41, 5.74) is 1.91. The molecule has 116 valence electrons. The van der Waals surface area contributed by atoms with E-state index in [4.69, 9.17) is 9.47 Å². The summed E-state index contributed by atoms with van der Waals surface area (Å²) in [5, 5.41) is 11.0. The fraction of sp³-hybridized carbons (Fsp3) is 0.267. The van der Waals surface area contributed by atoms with Crippen LogP contribution in [0.4, 0.5) is 16.2 Å². The fourth-order valence-corrected chi connectivity index (χ4v) is 2.24. The van der Waals surface area contributed by atoms with Gasteiger partial charge in [0.25, 0.3) is 0 Å². The van der Waals surface area contributed by atoms with Gasteiger partial charge in [0, 0.05) is 10.2 Å². The van der Waals surface area contributed by atoms with Gasteiger partial charge in [-0.1, -0.05) is 6.07 Å². The highest BCUT2D eigenvalue weighted by atomic mass is 79.9. The summed E-state index contributed by atoms with van der Waals surface area (Å²) in [6, 6.07) is 7.03. The van der Waals surface area contributed by atoms with Crippen LogP contribution in [0.25, 0.3) is 0 Å². The Morgan fingerprint density at radius 3 is 3.00 bits per heavy atom. The summed E-state index contributed by atoms with van der Waals surface area (Å²) < 4.78 is 11.0. The zero-order chi connectivity index (χ0) is 15.9. The van der Waals surface area contributed by atoms with Crippen LogP contribution in [-0.2, 0) is 9.47 Å². The van der Waals surface area contributed by atoms with Crippen molar-refractivity contribution in [3.63, 3.8) is 0 Å². The lowest BCUT2D eigenvalue weighted by Crippen LogP contribution is -2.13. The average molecular weight is 366 g/mol. The minimum atomic E-state index is -0.499. The standard InChI is InChI=1S/C15H16BrN3O3/c1-3-21-15(20)17-11-5-4-6-12(9-11)18-19-14-10(2)22-8-7-13(14)16/h4-10H,3H2,1-2H3,(H,17,20). The molecule has 22 heavy (non-hydrogen) atoms. The maximum Gasteiger partial charge on any atom is 0.411 e. The highest BCUT2D eigenvalue weighted by Crippen LogP contribution is 2.27. The normalized spacial score (nSPS) is 17.5. The molecule has 1 N–H and O–H groups in total. The number of carbonyl (C=O) groups excluding carboxylic acids is 1. The number of rotatable bonds is 4. The summed E-state index contributed by atoms with van der Waals surface area (Å²) in [4.78, 5) is 11.4. The third-order valence-electron chi connectivity index (χ3n) is 2.77. The number of anilines is 1. The molecule has 6 nitrogen and oxygen atoms in total. The summed E-state index contributed by atoms with van der Waals surface area (Å²) in [5.74, 6) is 0. The number of halogens is 1. The monoisotopic (exact) mass is 365 g/mol. The van der Waals surface area contributed by atoms with E-state index >= 15 is 0 Å². The molecule has 1 heterocycles. The number of benzene rings is 1. The van der Waals surface area contributed by atoms with Crippen LogP contribution in [-0.4, -0.2) is 18.8 Å². The van der Waals surface area contributed by atoms with Gasteiger partial charge in [-0.15, -0.1) is 5.11 Å². The SMILES string of the molecule is CCOC(=O)Nc1cccc(N=NC2=C(Br)C=COC2C)c1. The Morgan fingerprint density at radius 2 is 2.27 bits per heavy atom. The first-order valence-corrected chi connectivity index (χ1v) is 7.56. The number of allylic oxidation sites excluding steroid dienone is 2. The van der Waals surface area contributed by atoms with E-state index in [-0.39, 0.29) is 6.10 Å². The molecule has 1 atom stereocenters. The molecule has 1 aliphatic rings. The highest BCUT2D eigenvalue weighted by molar-refractivity contribution is 9.11. The molecule has 0 bridgehead atoms. The number of azo groups is 1. The van der Waals surface area contributed by atoms with Crippen molar-refractivity contribution in [1.29, 1.82) is 0 Å². The van der Waals surface area contributed by atoms with E-state index in [1.54, 1.807) is 43.5 Å². The lowest BCUT2D eigenvalue weighted by Gasteiger charge is -2.16. The lowest BCUT2D eigenvalue weighted by atomic mass is 10.2. The first-order chi connectivity index (χ1) is 10.6. The Balaban J connectivity index is 2.11. The average Bonchev–Trinajstić information content (AvgIpc) is 2.47. The highest BCUT2D eigenvalue weighted by Gasteiger charge is 2.15. The fourth-order valence-electron chi connectivity index (χ4n) is 1.73. The Labute approximate surface area is 137 Å². The first kappa shape index (κ1) is 16.2. The van der Waals surface area contributed by atoms with Gasteiger partial charge in [0.2, 0.25) is 0 Å². The van der Waals surface area contributed by atoms with Crippen LogP contribution < -0.4 is 5.32 Å². The van der Waals surface area contributed by atoms with E-state index in [2.05, 4.69) is 31.5 Å². The predicted octanol–water partition coefficient (Wildman–Crippen LogP) is 4.88. The Bertz CT molecular complexity index is 641. The number of carbonyl (C=O) groups is 1. The third-order valence-corrected chi connectivity index (χ3v) is 3.44. The van der Waals surface area contributed by atoms with Gasteiger partial charge in [-0.05, 0) is 54.1 Å². The van der Waals surface area contributed by atoms with Crippen molar-refractivity contribution in [1.82, 2.24) is 0 Å². The van der Waals surface area contributed by atoms with Crippen molar-refractivity contribution in [2.45, 2.75) is 20.0 Å². The first-order valence-electron chi connectivity index (χ1n) is 6.77. The number of amides is 1. The Morgan fingerprint density at radius 1 is 1.45 bits per heavy atom. The molecule has 1 amide bonds. The van der Waals surface area contributed by atoms with Crippen LogP contribution in [0.3, 0.4) is 0 Å². The van der Waals surface area contributed by atoms with E-state index in [1.165, 1.54) is 0 Å². The molecule has 1 aliphatic heterocycles. The molecule has 1 unspecified atom stereocenters. The van der Waals surface area contributed by atoms with Crippen molar-refractivity contribution >= 4 is 33.4 Å². The smallest absolute Gasteiger partial charge is 0.411 e. The number of hydrogen-bond donors (Lipinski definition) is 1. The molecule has 1 aromatic rings. The molecular formula is C15H16BrN3O3. The van der Waals surface area contributed by atoms with Crippen LogP contribution in [0.15, 0.2) is 57.0 Å². The maximum atomic E-state index is 11.4. The molecule has 0 aliphatic carbocycles. The zero-order valence-corrected chi connectivity index (χ0v) is 13.8. The summed E-state index contributed by atoms with van der Waals surface area (Å²) in [6.07, 6.45) is 2.70. The van der Waals surface area contributed by atoms with Crippen LogP contribution >= 0.6 is 15.9 Å². The molecule has 0 saturated carbocycles. The predicted molar refractivity (Wildman–Crippen MR) is 87.2 cm³/mol. The van der Waals surface area contributed by atoms with Crippen molar-refractivity contribution in [3.05, 3.63) is 46.8 Å². The minimum absolute atomic E-state index is 0.177. The van der Waals surface area contributed by atoms with E-state index in [0.29, 0.717) is 23.7 Å². The van der Waals surface area contributed by atoms with Crippen LogP contribution in [0, 0.1) is 0 Å². The summed E-state index contributed by atoms with van der Waals surface area (Å²) >= 11 is 3.42. The maximum absolute atomic E-state index is 11.4. The molecule has 1 aromatic carbocycles. The molecular weight excluding hydrogens is 350 g/mol. The second kappa shape index (κ2) is 7.74. The minimum Gasteiger partial charge on any atom is -0.492 e. The van der Waals surface area contributed by atoms with Gasteiger partial charge >= 0.3 is 6.09 Å². The molecule has 0 aromatic heterocycles. The van der Waals surface area contributed by atoms with Crippen molar-refractivity contribution in [3.8, 4) is 0 Å².